The smallest absolute Gasteiger partial charge is 0.233 e. The first-order chi connectivity index (χ1) is 12.2. The van der Waals surface area contributed by atoms with E-state index in [1.54, 1.807) is 4.90 Å². The van der Waals surface area contributed by atoms with Crippen LogP contribution in [0.25, 0.3) is 0 Å². The molecule has 8 atom stereocenters. The summed E-state index contributed by atoms with van der Waals surface area (Å²) in [7, 11) is 0. The summed E-state index contributed by atoms with van der Waals surface area (Å²) in [4.78, 5) is 28.4. The Hall–Kier alpha value is -0.860. The molecular weight excluding hydrogens is 334 g/mol. The van der Waals surface area contributed by atoms with E-state index < -0.39 is 5.54 Å². The molecule has 8 unspecified atom stereocenters. The molecule has 0 N–H and O–H groups in total. The van der Waals surface area contributed by atoms with Crippen LogP contribution in [0.5, 0.6) is 0 Å². The van der Waals surface area contributed by atoms with Crippen LogP contribution in [-0.2, 0) is 9.59 Å². The average molecular weight is 374 g/mol. The largest absolute Gasteiger partial charge is 0.277 e. The van der Waals surface area contributed by atoms with E-state index in [0.717, 1.165) is 6.42 Å². The molecule has 0 aromatic rings. The molecule has 1 aliphatic heterocycles. The van der Waals surface area contributed by atoms with Gasteiger partial charge in [0, 0.05) is 5.54 Å². The van der Waals surface area contributed by atoms with Gasteiger partial charge < -0.3 is 0 Å². The van der Waals surface area contributed by atoms with E-state index in [-0.39, 0.29) is 34.5 Å². The molecule has 3 aliphatic carbocycles. The second kappa shape index (κ2) is 5.39. The lowest BCUT2D eigenvalue weighted by Gasteiger charge is -2.41. The van der Waals surface area contributed by atoms with Crippen LogP contribution < -0.4 is 0 Å². The highest BCUT2D eigenvalue weighted by Crippen LogP contribution is 2.72. The first kappa shape index (κ1) is 19.5. The highest BCUT2D eigenvalue weighted by molar-refractivity contribution is 6.06. The Morgan fingerprint density at radius 2 is 1.04 bits per heavy atom. The van der Waals surface area contributed by atoms with Crippen molar-refractivity contribution in [2.75, 3.05) is 0 Å². The second-order valence-corrected chi connectivity index (χ2v) is 13.1. The molecule has 3 heteroatoms. The Balaban J connectivity index is 1.76. The number of fused-ring (bicyclic) bond motifs is 8. The molecule has 2 amide bonds. The van der Waals surface area contributed by atoms with Gasteiger partial charge in [-0.3, -0.25) is 14.5 Å². The van der Waals surface area contributed by atoms with Crippen LogP contribution in [0.3, 0.4) is 0 Å². The highest BCUT2D eigenvalue weighted by atomic mass is 16.2. The van der Waals surface area contributed by atoms with Crippen molar-refractivity contribution in [1.29, 1.82) is 0 Å². The molecule has 27 heavy (non-hydrogen) atoms. The van der Waals surface area contributed by atoms with E-state index in [2.05, 4.69) is 41.5 Å². The third-order valence-electron chi connectivity index (χ3n) is 8.63. The van der Waals surface area contributed by atoms with E-state index in [0.29, 0.717) is 35.5 Å². The van der Waals surface area contributed by atoms with Gasteiger partial charge in [-0.15, -0.1) is 0 Å². The molecule has 4 rings (SSSR count). The molecule has 1 saturated heterocycles. The standard InChI is InChI=1S/C24H39NO2/c1-22(2,3)14-11-15(23(4,5)6)17-13-10-12(16(14)17)18-19(13)21(27)25(20(18)26)24(7,8)9/h12-19H,10-11H2,1-9H3. The third-order valence-corrected chi connectivity index (χ3v) is 8.63. The van der Waals surface area contributed by atoms with Crippen LogP contribution in [0, 0.1) is 58.2 Å². The van der Waals surface area contributed by atoms with Gasteiger partial charge in [0.1, 0.15) is 0 Å². The fourth-order valence-corrected chi connectivity index (χ4v) is 7.83. The molecular formula is C24H39NO2. The number of likely N-dealkylation sites (tertiary alicyclic amines) is 1. The van der Waals surface area contributed by atoms with Gasteiger partial charge in [0.05, 0.1) is 11.8 Å². The third kappa shape index (κ3) is 2.52. The van der Waals surface area contributed by atoms with Crippen LogP contribution in [-0.4, -0.2) is 22.3 Å². The Morgan fingerprint density at radius 3 is 1.33 bits per heavy atom. The number of rotatable bonds is 0. The molecule has 0 spiro atoms. The molecule has 0 aromatic carbocycles. The van der Waals surface area contributed by atoms with Gasteiger partial charge in [-0.1, -0.05) is 41.5 Å². The molecule has 152 valence electrons. The highest BCUT2D eigenvalue weighted by Gasteiger charge is 2.72. The molecule has 4 fully saturated rings. The van der Waals surface area contributed by atoms with Gasteiger partial charge in [0.2, 0.25) is 11.8 Å². The summed E-state index contributed by atoms with van der Waals surface area (Å²) in [6.45, 7) is 20.3. The van der Waals surface area contributed by atoms with Crippen LogP contribution in [0.15, 0.2) is 0 Å². The summed E-state index contributed by atoms with van der Waals surface area (Å²) in [6, 6.07) is 0. The fourth-order valence-electron chi connectivity index (χ4n) is 7.83. The van der Waals surface area contributed by atoms with Crippen molar-refractivity contribution in [1.82, 2.24) is 4.90 Å². The zero-order chi connectivity index (χ0) is 20.3. The second-order valence-electron chi connectivity index (χ2n) is 13.1. The predicted molar refractivity (Wildman–Crippen MR) is 108 cm³/mol. The van der Waals surface area contributed by atoms with Gasteiger partial charge in [-0.05, 0) is 80.0 Å². The summed E-state index contributed by atoms with van der Waals surface area (Å²) in [5, 5.41) is 0. The van der Waals surface area contributed by atoms with Crippen molar-refractivity contribution < 1.29 is 9.59 Å². The lowest BCUT2D eigenvalue weighted by molar-refractivity contribution is -0.146. The molecule has 2 bridgehead atoms. The maximum atomic E-state index is 13.4. The Morgan fingerprint density at radius 1 is 0.667 bits per heavy atom. The maximum Gasteiger partial charge on any atom is 0.233 e. The number of imide groups is 1. The Kier molecular flexibility index (Phi) is 3.88. The number of carbonyl (C=O) groups is 2. The SMILES string of the molecule is CC(C)(C)C1CC(C(C)(C)C)C2C3CC(C4C(=O)N(C(C)(C)C)C(=O)C34)C21. The van der Waals surface area contributed by atoms with Gasteiger partial charge in [-0.25, -0.2) is 0 Å². The van der Waals surface area contributed by atoms with Crippen molar-refractivity contribution in [2.45, 2.75) is 80.7 Å². The monoisotopic (exact) mass is 373 g/mol. The van der Waals surface area contributed by atoms with Crippen molar-refractivity contribution in [3.8, 4) is 0 Å². The summed E-state index contributed by atoms with van der Waals surface area (Å²) in [5.74, 6) is 3.61. The van der Waals surface area contributed by atoms with Crippen LogP contribution in [0.4, 0.5) is 0 Å². The van der Waals surface area contributed by atoms with Crippen molar-refractivity contribution in [3.05, 3.63) is 0 Å². The summed E-state index contributed by atoms with van der Waals surface area (Å²) < 4.78 is 0. The maximum absolute atomic E-state index is 13.4. The van der Waals surface area contributed by atoms with Crippen LogP contribution >= 0.6 is 0 Å². The van der Waals surface area contributed by atoms with Gasteiger partial charge in [-0.2, -0.15) is 0 Å². The number of amides is 2. The van der Waals surface area contributed by atoms with E-state index >= 15 is 0 Å². The minimum atomic E-state index is -0.403. The number of hydrogen-bond acceptors (Lipinski definition) is 2. The predicted octanol–water partition coefficient (Wildman–Crippen LogP) is 5.00. The minimum absolute atomic E-state index is 0.0356. The summed E-state index contributed by atoms with van der Waals surface area (Å²) in [5.41, 5.74) is 0.121. The zero-order valence-electron chi connectivity index (χ0n) is 18.8. The van der Waals surface area contributed by atoms with Crippen LogP contribution in [0.2, 0.25) is 0 Å². The van der Waals surface area contributed by atoms with E-state index in [4.69, 9.17) is 0 Å². The Bertz CT molecular complexity index is 624. The van der Waals surface area contributed by atoms with Gasteiger partial charge >= 0.3 is 0 Å². The molecule has 0 radical (unpaired) electrons. The number of carbonyl (C=O) groups excluding carboxylic acids is 2. The lowest BCUT2D eigenvalue weighted by Crippen LogP contribution is -2.47. The lowest BCUT2D eigenvalue weighted by atomic mass is 9.62. The van der Waals surface area contributed by atoms with Crippen LogP contribution in [0.1, 0.15) is 75.2 Å². The van der Waals surface area contributed by atoms with Crippen molar-refractivity contribution in [3.63, 3.8) is 0 Å². The molecule has 4 aliphatic rings. The first-order valence-electron chi connectivity index (χ1n) is 11.0. The number of hydrogen-bond donors (Lipinski definition) is 0. The summed E-state index contributed by atoms with van der Waals surface area (Å²) >= 11 is 0. The quantitative estimate of drug-likeness (QED) is 0.561. The first-order valence-corrected chi connectivity index (χ1v) is 11.0. The molecule has 3 saturated carbocycles. The van der Waals surface area contributed by atoms with E-state index in [1.807, 2.05) is 20.8 Å². The number of nitrogens with zero attached hydrogens (tertiary/aromatic N) is 1. The zero-order valence-corrected chi connectivity index (χ0v) is 18.8. The normalized spacial score (nSPS) is 44.3. The van der Waals surface area contributed by atoms with Crippen molar-refractivity contribution >= 4 is 11.8 Å². The summed E-state index contributed by atoms with van der Waals surface area (Å²) in [6.07, 6.45) is 2.37. The average Bonchev–Trinajstić information content (AvgIpc) is 3.14. The minimum Gasteiger partial charge on any atom is -0.277 e. The van der Waals surface area contributed by atoms with E-state index in [1.165, 1.54) is 6.42 Å². The van der Waals surface area contributed by atoms with E-state index in [9.17, 15) is 9.59 Å². The Labute approximate surface area is 165 Å². The molecule has 3 nitrogen and oxygen atoms in total. The van der Waals surface area contributed by atoms with Crippen molar-refractivity contribution in [2.24, 2.45) is 58.2 Å². The topological polar surface area (TPSA) is 37.4 Å². The van der Waals surface area contributed by atoms with Gasteiger partial charge in [0.15, 0.2) is 0 Å². The van der Waals surface area contributed by atoms with Gasteiger partial charge in [0.25, 0.3) is 0 Å². The molecule has 0 aromatic heterocycles. The molecule has 1 heterocycles. The fraction of sp³-hybridized carbons (Fsp3) is 0.917.